The molecule has 0 fully saturated rings. The molecule has 0 spiro atoms. The van der Waals surface area contributed by atoms with Crippen LogP contribution in [0.5, 0.6) is 0 Å². The Morgan fingerprint density at radius 2 is 2.26 bits per heavy atom. The first-order valence-electron chi connectivity index (χ1n) is 8.32. The van der Waals surface area contributed by atoms with E-state index < -0.39 is 0 Å². The van der Waals surface area contributed by atoms with Crippen LogP contribution in [-0.2, 0) is 4.74 Å². The molecule has 0 aromatic rings. The van der Waals surface area contributed by atoms with Gasteiger partial charge in [0.2, 0.25) is 0 Å². The second kappa shape index (κ2) is 8.11. The highest BCUT2D eigenvalue weighted by molar-refractivity contribution is 9.11. The second-order valence-electron chi connectivity index (χ2n) is 6.47. The zero-order valence-corrected chi connectivity index (χ0v) is 15.8. The summed E-state index contributed by atoms with van der Waals surface area (Å²) in [6, 6.07) is 0. The number of nitrogens with one attached hydrogen (secondary N) is 1. The van der Waals surface area contributed by atoms with Crippen molar-refractivity contribution < 1.29 is 4.74 Å². The summed E-state index contributed by atoms with van der Waals surface area (Å²) in [5.41, 5.74) is 2.97. The summed E-state index contributed by atoms with van der Waals surface area (Å²) in [6.45, 7) is 13.9. The number of nitrogens with zero attached hydrogens (tertiary/aromatic N) is 1. The van der Waals surface area contributed by atoms with Crippen LogP contribution in [0, 0.1) is 0 Å². The lowest BCUT2D eigenvalue weighted by molar-refractivity contribution is 0.149. The number of fused-ring (bicyclic) bond motifs is 1. The molecular formula is C19H27BrN2O. The second-order valence-corrected chi connectivity index (χ2v) is 7.38. The average Bonchev–Trinajstić information content (AvgIpc) is 2.49. The Morgan fingerprint density at radius 1 is 1.48 bits per heavy atom. The van der Waals surface area contributed by atoms with Gasteiger partial charge < -0.3 is 10.1 Å². The van der Waals surface area contributed by atoms with Gasteiger partial charge in [-0.05, 0) is 43.4 Å². The van der Waals surface area contributed by atoms with Gasteiger partial charge in [0.05, 0.1) is 12.1 Å². The van der Waals surface area contributed by atoms with Gasteiger partial charge in [0.15, 0.2) is 0 Å². The predicted octanol–water partition coefficient (Wildman–Crippen LogP) is 5.02. The Bertz CT molecular complexity index is 574. The lowest BCUT2D eigenvalue weighted by Gasteiger charge is -2.36. The standard InChI is InChI=1S/C19H27BrN2O/c1-5-6-7-10-23-13-15(3)21-18-14(2)11-16-12-17(20)8-9-19(16,4)22-18/h8,12H,2-3,5-7,9-11,13H2,1,4H3,(H,21,22). The van der Waals surface area contributed by atoms with Crippen molar-refractivity contribution in [3.8, 4) is 0 Å². The highest BCUT2D eigenvalue weighted by Gasteiger charge is 2.35. The highest BCUT2D eigenvalue weighted by atomic mass is 79.9. The van der Waals surface area contributed by atoms with Gasteiger partial charge in [0.1, 0.15) is 5.84 Å². The Balaban J connectivity index is 1.93. The van der Waals surface area contributed by atoms with Gasteiger partial charge >= 0.3 is 0 Å². The smallest absolute Gasteiger partial charge is 0.129 e. The van der Waals surface area contributed by atoms with Crippen LogP contribution < -0.4 is 5.32 Å². The van der Waals surface area contributed by atoms with Crippen molar-refractivity contribution in [3.63, 3.8) is 0 Å². The summed E-state index contributed by atoms with van der Waals surface area (Å²) in [5.74, 6) is 0.846. The Kier molecular flexibility index (Phi) is 6.42. The minimum Gasteiger partial charge on any atom is -0.375 e. The van der Waals surface area contributed by atoms with Gasteiger partial charge in [-0.2, -0.15) is 0 Å². The zero-order valence-electron chi connectivity index (χ0n) is 14.3. The number of halogens is 1. The van der Waals surface area contributed by atoms with Gasteiger partial charge in [-0.1, -0.05) is 54.9 Å². The molecule has 0 saturated carbocycles. The first-order valence-corrected chi connectivity index (χ1v) is 9.11. The van der Waals surface area contributed by atoms with Crippen LogP contribution in [0.15, 0.2) is 51.6 Å². The van der Waals surface area contributed by atoms with Gasteiger partial charge in [-0.3, -0.25) is 4.99 Å². The summed E-state index contributed by atoms with van der Waals surface area (Å²) >= 11 is 3.56. The summed E-state index contributed by atoms with van der Waals surface area (Å²) < 4.78 is 6.78. The van der Waals surface area contributed by atoms with Crippen molar-refractivity contribution in [2.75, 3.05) is 13.2 Å². The highest BCUT2D eigenvalue weighted by Crippen LogP contribution is 2.39. The van der Waals surface area contributed by atoms with E-state index in [1.165, 1.54) is 18.4 Å². The molecule has 0 amide bonds. The van der Waals surface area contributed by atoms with Crippen LogP contribution in [0.25, 0.3) is 0 Å². The molecule has 0 radical (unpaired) electrons. The Morgan fingerprint density at radius 3 is 3.00 bits per heavy atom. The molecule has 1 N–H and O–H groups in total. The van der Waals surface area contributed by atoms with Gasteiger partial charge in [0, 0.05) is 16.8 Å². The van der Waals surface area contributed by atoms with Crippen LogP contribution in [0.2, 0.25) is 0 Å². The Hall–Kier alpha value is -1.13. The molecule has 4 heteroatoms. The minimum atomic E-state index is -0.178. The molecule has 1 heterocycles. The van der Waals surface area contributed by atoms with E-state index in [0.717, 1.165) is 47.5 Å². The first-order chi connectivity index (χ1) is 10.9. The number of allylic oxidation sites excluding steroid dienone is 2. The van der Waals surface area contributed by atoms with E-state index in [2.05, 4.69) is 60.4 Å². The molecule has 0 bridgehead atoms. The maximum Gasteiger partial charge on any atom is 0.129 e. The number of ether oxygens (including phenoxy) is 1. The molecule has 2 rings (SSSR count). The minimum absolute atomic E-state index is 0.178. The molecule has 0 saturated heterocycles. The summed E-state index contributed by atoms with van der Waals surface area (Å²) in [7, 11) is 0. The molecular weight excluding hydrogens is 352 g/mol. The molecule has 23 heavy (non-hydrogen) atoms. The normalized spacial score (nSPS) is 23.6. The summed E-state index contributed by atoms with van der Waals surface area (Å²) in [4.78, 5) is 4.90. The zero-order chi connectivity index (χ0) is 16.9. The fourth-order valence-electron chi connectivity index (χ4n) is 2.78. The van der Waals surface area contributed by atoms with E-state index >= 15 is 0 Å². The largest absolute Gasteiger partial charge is 0.375 e. The third-order valence-corrected chi connectivity index (χ3v) is 4.81. The van der Waals surface area contributed by atoms with Crippen LogP contribution in [0.3, 0.4) is 0 Å². The Labute approximate surface area is 148 Å². The fourth-order valence-corrected chi connectivity index (χ4v) is 3.21. The predicted molar refractivity (Wildman–Crippen MR) is 102 cm³/mol. The van der Waals surface area contributed by atoms with Crippen LogP contribution in [-0.4, -0.2) is 24.6 Å². The number of hydrogen-bond acceptors (Lipinski definition) is 3. The molecule has 0 aromatic carbocycles. The molecule has 1 unspecified atom stereocenters. The third-order valence-electron chi connectivity index (χ3n) is 4.26. The van der Waals surface area contributed by atoms with Gasteiger partial charge in [-0.15, -0.1) is 0 Å². The number of amidine groups is 1. The topological polar surface area (TPSA) is 33.6 Å². The summed E-state index contributed by atoms with van der Waals surface area (Å²) in [6.07, 6.45) is 9.60. The van der Waals surface area contributed by atoms with Crippen molar-refractivity contribution in [3.05, 3.63) is 46.6 Å². The average molecular weight is 379 g/mol. The number of unbranched alkanes of at least 4 members (excludes halogenated alkanes) is 2. The molecule has 1 aliphatic carbocycles. The molecule has 1 atom stereocenters. The maximum atomic E-state index is 5.65. The van der Waals surface area contributed by atoms with E-state index in [0.29, 0.717) is 6.61 Å². The van der Waals surface area contributed by atoms with Crippen LogP contribution in [0.1, 0.15) is 46.0 Å². The van der Waals surface area contributed by atoms with Crippen molar-refractivity contribution in [1.82, 2.24) is 5.32 Å². The van der Waals surface area contributed by atoms with Crippen molar-refractivity contribution >= 4 is 21.8 Å². The lowest BCUT2D eigenvalue weighted by atomic mass is 9.79. The van der Waals surface area contributed by atoms with E-state index in [1.807, 2.05) is 0 Å². The summed E-state index contributed by atoms with van der Waals surface area (Å²) in [5, 5.41) is 3.30. The van der Waals surface area contributed by atoms with Gasteiger partial charge in [-0.25, -0.2) is 0 Å². The molecule has 126 valence electrons. The van der Waals surface area contributed by atoms with E-state index in [-0.39, 0.29) is 5.54 Å². The van der Waals surface area contributed by atoms with E-state index in [1.54, 1.807) is 0 Å². The number of rotatable bonds is 7. The van der Waals surface area contributed by atoms with Gasteiger partial charge in [0.25, 0.3) is 0 Å². The first kappa shape index (κ1) is 18.2. The third kappa shape index (κ3) is 4.92. The lowest BCUT2D eigenvalue weighted by Crippen LogP contribution is -2.38. The maximum absolute atomic E-state index is 5.65. The fraction of sp³-hybridized carbons (Fsp3) is 0.526. The van der Waals surface area contributed by atoms with Crippen molar-refractivity contribution in [2.24, 2.45) is 4.99 Å². The molecule has 3 nitrogen and oxygen atoms in total. The molecule has 1 aliphatic heterocycles. The molecule has 2 aliphatic rings. The van der Waals surface area contributed by atoms with Crippen LogP contribution in [0.4, 0.5) is 0 Å². The molecule has 0 aromatic heterocycles. The van der Waals surface area contributed by atoms with E-state index in [4.69, 9.17) is 9.73 Å². The van der Waals surface area contributed by atoms with Crippen molar-refractivity contribution in [2.45, 2.75) is 51.5 Å². The quantitative estimate of drug-likeness (QED) is 0.630. The van der Waals surface area contributed by atoms with E-state index in [9.17, 15) is 0 Å². The monoisotopic (exact) mass is 378 g/mol. The SMILES string of the molecule is C=C(COCCCCC)NC1=NC2(C)CC=C(Br)C=C2CC1=C. The van der Waals surface area contributed by atoms with Crippen molar-refractivity contribution in [1.29, 1.82) is 0 Å². The number of hydrogen-bond donors (Lipinski definition) is 1. The van der Waals surface area contributed by atoms with Crippen LogP contribution >= 0.6 is 15.9 Å². The number of aliphatic imine (C=N–C) groups is 1.